The third-order valence-electron chi connectivity index (χ3n) is 8.27. The van der Waals surface area contributed by atoms with E-state index in [1.165, 1.54) is 17.0 Å². The minimum Gasteiger partial charge on any atom is -0.508 e. The first-order valence-corrected chi connectivity index (χ1v) is 15.1. The summed E-state index contributed by atoms with van der Waals surface area (Å²) in [6.07, 6.45) is 1.17. The van der Waals surface area contributed by atoms with Gasteiger partial charge in [0.1, 0.15) is 23.9 Å². The van der Waals surface area contributed by atoms with Gasteiger partial charge in [-0.15, -0.1) is 0 Å². The monoisotopic (exact) mass is 604 g/mol. The molecule has 7 atom stereocenters. The van der Waals surface area contributed by atoms with Crippen molar-refractivity contribution in [3.63, 3.8) is 0 Å². The first-order chi connectivity index (χ1) is 20.4. The van der Waals surface area contributed by atoms with Gasteiger partial charge in [-0.3, -0.25) is 19.4 Å². The van der Waals surface area contributed by atoms with Gasteiger partial charge in [-0.1, -0.05) is 26.0 Å². The summed E-state index contributed by atoms with van der Waals surface area (Å²) in [5.74, 6) is -1.51. The van der Waals surface area contributed by atoms with Crippen LogP contribution < -0.4 is 22.1 Å². The maximum absolute atomic E-state index is 14.2. The number of phenols is 1. The van der Waals surface area contributed by atoms with Crippen molar-refractivity contribution in [3.05, 3.63) is 29.8 Å². The molecule has 3 amide bonds. The van der Waals surface area contributed by atoms with E-state index >= 15 is 0 Å². The molecule has 1 aromatic rings. The predicted molar refractivity (Wildman–Crippen MR) is 161 cm³/mol. The number of aromatic hydroxyl groups is 1. The number of guanidine groups is 1. The molecule has 0 radical (unpaired) electrons. The van der Waals surface area contributed by atoms with Gasteiger partial charge in [0.25, 0.3) is 0 Å². The van der Waals surface area contributed by atoms with Crippen LogP contribution in [0.15, 0.2) is 29.3 Å². The molecule has 7 unspecified atom stereocenters. The second-order valence-electron chi connectivity index (χ2n) is 12.2. The second-order valence-corrected chi connectivity index (χ2v) is 12.2. The molecule has 1 saturated carbocycles. The number of phenolic OH excluding ortho intramolecular Hbond substituents is 1. The van der Waals surface area contributed by atoms with Gasteiger partial charge in [0.05, 0.1) is 18.8 Å². The number of fused-ring (bicyclic) bond motifs is 1. The smallest absolute Gasteiger partial charge is 0.249 e. The van der Waals surface area contributed by atoms with Crippen LogP contribution in [0.25, 0.3) is 0 Å². The zero-order chi connectivity index (χ0) is 31.7. The Morgan fingerprint density at radius 1 is 1.09 bits per heavy atom. The molecule has 13 nitrogen and oxygen atoms in total. The first-order valence-electron chi connectivity index (χ1n) is 15.1. The lowest BCUT2D eigenvalue weighted by atomic mass is 9.83. The highest BCUT2D eigenvalue weighted by molar-refractivity contribution is 5.93. The molecular weight excluding hydrogens is 556 g/mol. The van der Waals surface area contributed by atoms with Gasteiger partial charge in [-0.2, -0.15) is 0 Å². The highest BCUT2D eigenvalue weighted by atomic mass is 16.3. The van der Waals surface area contributed by atoms with E-state index in [0.717, 1.165) is 0 Å². The summed E-state index contributed by atoms with van der Waals surface area (Å²) in [7, 11) is 0. The van der Waals surface area contributed by atoms with E-state index in [2.05, 4.69) is 15.6 Å². The Hall–Kier alpha value is -3.42. The lowest BCUT2D eigenvalue weighted by molar-refractivity contribution is -0.146. The van der Waals surface area contributed by atoms with Crippen molar-refractivity contribution in [1.82, 2.24) is 15.5 Å². The molecule has 0 bridgehead atoms. The van der Waals surface area contributed by atoms with Crippen LogP contribution in [0.2, 0.25) is 0 Å². The fourth-order valence-corrected chi connectivity index (χ4v) is 6.13. The normalized spacial score (nSPS) is 23.6. The van der Waals surface area contributed by atoms with Crippen LogP contribution in [0.4, 0.5) is 0 Å². The molecule has 2 fully saturated rings. The Labute approximate surface area is 252 Å². The SMILES string of the molecule is CC(C)CC(NC(=O)C(O)Cc1ccc(O)cc1)C(=O)N1C(C(=O)NC(CO)CCCN=C(N)N)CC2CCC(O)CC21. The number of nitrogens with zero attached hydrogens (tertiary/aromatic N) is 2. The highest BCUT2D eigenvalue weighted by Crippen LogP contribution is 2.40. The van der Waals surface area contributed by atoms with Crippen molar-refractivity contribution in [1.29, 1.82) is 0 Å². The molecule has 0 aromatic heterocycles. The summed E-state index contributed by atoms with van der Waals surface area (Å²) in [4.78, 5) is 46.3. The number of carbonyl (C=O) groups is 3. The van der Waals surface area contributed by atoms with E-state index in [4.69, 9.17) is 11.5 Å². The average molecular weight is 605 g/mol. The minimum atomic E-state index is -1.43. The Kier molecular flexibility index (Phi) is 12.6. The molecular formula is C30H48N6O7. The van der Waals surface area contributed by atoms with Crippen molar-refractivity contribution < 1.29 is 34.8 Å². The third kappa shape index (κ3) is 9.80. The quantitative estimate of drug-likeness (QED) is 0.0776. The Morgan fingerprint density at radius 2 is 1.79 bits per heavy atom. The van der Waals surface area contributed by atoms with E-state index in [9.17, 15) is 34.8 Å². The van der Waals surface area contributed by atoms with Crippen molar-refractivity contribution >= 4 is 23.7 Å². The summed E-state index contributed by atoms with van der Waals surface area (Å²) in [6, 6.07) is 3.35. The van der Waals surface area contributed by atoms with Crippen LogP contribution >= 0.6 is 0 Å². The lowest BCUT2D eigenvalue weighted by Gasteiger charge is -2.38. The topological polar surface area (TPSA) is 224 Å². The average Bonchev–Trinajstić information content (AvgIpc) is 3.33. The summed E-state index contributed by atoms with van der Waals surface area (Å²) < 4.78 is 0. The summed E-state index contributed by atoms with van der Waals surface area (Å²) in [5.41, 5.74) is 11.4. The fraction of sp³-hybridized carbons (Fsp3) is 0.667. The number of amides is 3. The number of hydrogen-bond acceptors (Lipinski definition) is 8. The van der Waals surface area contributed by atoms with Gasteiger partial charge in [-0.25, -0.2) is 0 Å². The van der Waals surface area contributed by atoms with E-state index in [0.29, 0.717) is 50.6 Å². The standard InChI is InChI=1S/C30H48N6O7/c1-17(2)12-23(35-28(42)26(40)13-18-5-8-21(38)9-6-18)29(43)36-24-15-22(39)10-7-19(24)14-25(36)27(41)34-20(16-37)4-3-11-33-30(31)32/h5-6,8-9,17,19-20,22-26,37-40H,3-4,7,10-16H2,1-2H3,(H,34,41)(H,35,42)(H4,31,32,33). The van der Waals surface area contributed by atoms with Crippen molar-refractivity contribution in [2.24, 2.45) is 28.3 Å². The van der Waals surface area contributed by atoms with Gasteiger partial charge in [0.2, 0.25) is 17.7 Å². The van der Waals surface area contributed by atoms with Crippen LogP contribution in [-0.4, -0.2) is 98.5 Å². The number of likely N-dealkylation sites (tertiary alicyclic amines) is 1. The molecule has 1 aliphatic heterocycles. The number of benzene rings is 1. The van der Waals surface area contributed by atoms with Crippen LogP contribution in [0.1, 0.15) is 64.4 Å². The maximum atomic E-state index is 14.2. The van der Waals surface area contributed by atoms with E-state index in [-0.39, 0.29) is 49.0 Å². The lowest BCUT2D eigenvalue weighted by Crippen LogP contribution is -2.58. The summed E-state index contributed by atoms with van der Waals surface area (Å²) in [5, 5.41) is 46.1. The Bertz CT molecular complexity index is 1110. The molecule has 0 spiro atoms. The molecule has 10 N–H and O–H groups in total. The van der Waals surface area contributed by atoms with Crippen molar-refractivity contribution in [3.8, 4) is 5.75 Å². The van der Waals surface area contributed by atoms with Gasteiger partial charge >= 0.3 is 0 Å². The number of aliphatic imine (C=N–C) groups is 1. The first kappa shape index (κ1) is 34.1. The molecule has 1 heterocycles. The largest absolute Gasteiger partial charge is 0.508 e. The highest BCUT2D eigenvalue weighted by Gasteiger charge is 2.50. The Balaban J connectivity index is 1.77. The predicted octanol–water partition coefficient (Wildman–Crippen LogP) is -0.512. The van der Waals surface area contributed by atoms with Gasteiger partial charge < -0.3 is 47.4 Å². The number of aliphatic hydroxyl groups is 3. The van der Waals surface area contributed by atoms with Crippen LogP contribution in [0, 0.1) is 11.8 Å². The molecule has 1 saturated heterocycles. The Morgan fingerprint density at radius 3 is 2.42 bits per heavy atom. The van der Waals surface area contributed by atoms with Crippen molar-refractivity contribution in [2.75, 3.05) is 13.2 Å². The van der Waals surface area contributed by atoms with Crippen LogP contribution in [0.5, 0.6) is 5.75 Å². The molecule has 240 valence electrons. The fourth-order valence-electron chi connectivity index (χ4n) is 6.13. The third-order valence-corrected chi connectivity index (χ3v) is 8.27. The molecule has 2 aliphatic rings. The van der Waals surface area contributed by atoms with Crippen LogP contribution in [0.3, 0.4) is 0 Å². The molecule has 13 heteroatoms. The number of carbonyl (C=O) groups excluding carboxylic acids is 3. The van der Waals surface area contributed by atoms with Crippen molar-refractivity contribution in [2.45, 2.75) is 102 Å². The number of rotatable bonds is 14. The zero-order valence-electron chi connectivity index (χ0n) is 25.1. The zero-order valence-corrected chi connectivity index (χ0v) is 25.1. The van der Waals surface area contributed by atoms with Gasteiger partial charge in [-0.05, 0) is 74.5 Å². The number of aliphatic hydroxyl groups excluding tert-OH is 3. The summed E-state index contributed by atoms with van der Waals surface area (Å²) >= 11 is 0. The molecule has 3 rings (SSSR count). The molecule has 1 aromatic carbocycles. The molecule has 1 aliphatic carbocycles. The van der Waals surface area contributed by atoms with E-state index in [1.807, 2.05) is 13.8 Å². The molecule has 43 heavy (non-hydrogen) atoms. The van der Waals surface area contributed by atoms with E-state index in [1.54, 1.807) is 12.1 Å². The number of hydrogen-bond donors (Lipinski definition) is 8. The number of nitrogens with one attached hydrogen (secondary N) is 2. The van der Waals surface area contributed by atoms with Gasteiger partial charge in [0, 0.05) is 19.0 Å². The van der Waals surface area contributed by atoms with E-state index < -0.39 is 48.1 Å². The maximum Gasteiger partial charge on any atom is 0.249 e. The summed E-state index contributed by atoms with van der Waals surface area (Å²) in [6.45, 7) is 3.87. The van der Waals surface area contributed by atoms with Gasteiger partial charge in [0.15, 0.2) is 5.96 Å². The number of nitrogens with two attached hydrogens (primary N) is 2. The second kappa shape index (κ2) is 15.9. The minimum absolute atomic E-state index is 0.00744. The van der Waals surface area contributed by atoms with Crippen LogP contribution in [-0.2, 0) is 20.8 Å².